The van der Waals surface area contributed by atoms with Crippen LogP contribution in [0.3, 0.4) is 0 Å². The van der Waals surface area contributed by atoms with Gasteiger partial charge in [-0.1, -0.05) is 22.6 Å². The van der Waals surface area contributed by atoms with Crippen LogP contribution in [0.5, 0.6) is 0 Å². The lowest BCUT2D eigenvalue weighted by Crippen LogP contribution is -2.55. The van der Waals surface area contributed by atoms with Gasteiger partial charge < -0.3 is 23.7 Å². The first-order valence-electron chi connectivity index (χ1n) is 6.24. The Kier molecular flexibility index (Phi) is 3.20. The minimum absolute atomic E-state index is 0.0175. The number of halogens is 1. The maximum atomic E-state index is 5.98. The predicted molar refractivity (Wildman–Crippen MR) is 71.4 cm³/mol. The Hall–Kier alpha value is 0.530. The Morgan fingerprint density at radius 3 is 2.06 bits per heavy atom. The van der Waals surface area contributed by atoms with Crippen LogP contribution in [0, 0.1) is 0 Å². The monoisotopic (exact) mass is 370 g/mol. The average molecular weight is 370 g/mol. The number of alkyl halides is 1. The van der Waals surface area contributed by atoms with Crippen LogP contribution >= 0.6 is 22.6 Å². The summed E-state index contributed by atoms with van der Waals surface area (Å²) in [4.78, 5) is 0. The molecule has 18 heavy (non-hydrogen) atoms. The highest BCUT2D eigenvalue weighted by molar-refractivity contribution is 14.1. The smallest absolute Gasteiger partial charge is 0.190 e. The van der Waals surface area contributed by atoms with Crippen molar-refractivity contribution in [2.45, 2.75) is 70.0 Å². The van der Waals surface area contributed by atoms with E-state index in [1.165, 1.54) is 0 Å². The molecule has 1 unspecified atom stereocenters. The lowest BCUT2D eigenvalue weighted by molar-refractivity contribution is -0.227. The molecule has 3 saturated heterocycles. The van der Waals surface area contributed by atoms with Crippen LogP contribution < -0.4 is 0 Å². The van der Waals surface area contributed by atoms with Crippen molar-refractivity contribution in [3.05, 3.63) is 0 Å². The molecule has 0 amide bonds. The van der Waals surface area contributed by atoms with Crippen LogP contribution in [0.1, 0.15) is 27.7 Å². The standard InChI is InChI=1S/C12H19IO5/c1-11(2)15-7-6(5-13)14-10-9(8(7)16-11)17-12(3,4)18-10/h6-10H,5H2,1-4H3/t6?,7-,8-,9+,10+/m0/s1. The van der Waals surface area contributed by atoms with Gasteiger partial charge in [-0.2, -0.15) is 0 Å². The van der Waals surface area contributed by atoms with E-state index in [2.05, 4.69) is 22.6 Å². The molecule has 3 aliphatic heterocycles. The molecule has 6 heteroatoms. The number of fused-ring (bicyclic) bond motifs is 3. The van der Waals surface area contributed by atoms with E-state index in [0.29, 0.717) is 0 Å². The summed E-state index contributed by atoms with van der Waals surface area (Å²) >= 11 is 2.30. The molecule has 0 spiro atoms. The van der Waals surface area contributed by atoms with E-state index in [0.717, 1.165) is 4.43 Å². The Balaban J connectivity index is 1.86. The van der Waals surface area contributed by atoms with Crippen LogP contribution in [0.2, 0.25) is 0 Å². The van der Waals surface area contributed by atoms with Crippen LogP contribution in [0.25, 0.3) is 0 Å². The SMILES string of the molecule is CC1(C)O[C@H]2OC(CI)[C@@H]3OC(C)(C)O[C@@H]3[C@H]2O1. The molecule has 0 radical (unpaired) electrons. The molecule has 0 saturated carbocycles. The number of hydrogen-bond acceptors (Lipinski definition) is 5. The minimum atomic E-state index is -0.629. The fraction of sp³-hybridized carbons (Fsp3) is 1.00. The van der Waals surface area contributed by atoms with E-state index in [1.54, 1.807) is 0 Å². The van der Waals surface area contributed by atoms with Crippen LogP contribution in [0.4, 0.5) is 0 Å². The van der Waals surface area contributed by atoms with Crippen molar-refractivity contribution in [2.24, 2.45) is 0 Å². The molecule has 0 aliphatic carbocycles. The van der Waals surface area contributed by atoms with Gasteiger partial charge in [0.25, 0.3) is 0 Å². The number of hydrogen-bond donors (Lipinski definition) is 0. The van der Waals surface area contributed by atoms with Gasteiger partial charge in [0.1, 0.15) is 18.3 Å². The summed E-state index contributed by atoms with van der Waals surface area (Å²) in [6, 6.07) is 0. The fourth-order valence-corrected chi connectivity index (χ4v) is 3.53. The minimum Gasteiger partial charge on any atom is -0.343 e. The second-order valence-electron chi connectivity index (χ2n) is 5.86. The molecule has 0 N–H and O–H groups in total. The summed E-state index contributed by atoms with van der Waals surface area (Å²) in [6.45, 7) is 7.63. The van der Waals surface area contributed by atoms with Crippen LogP contribution in [-0.4, -0.2) is 46.7 Å². The normalized spacial score (nSPS) is 48.8. The third-order valence-electron chi connectivity index (χ3n) is 3.40. The highest BCUT2D eigenvalue weighted by atomic mass is 127. The zero-order valence-corrected chi connectivity index (χ0v) is 13.2. The average Bonchev–Trinajstić information content (AvgIpc) is 2.71. The van der Waals surface area contributed by atoms with Gasteiger partial charge in [0.2, 0.25) is 0 Å². The van der Waals surface area contributed by atoms with E-state index < -0.39 is 11.6 Å². The fourth-order valence-electron chi connectivity index (χ4n) is 2.82. The van der Waals surface area contributed by atoms with Crippen molar-refractivity contribution in [3.8, 4) is 0 Å². The Morgan fingerprint density at radius 1 is 0.833 bits per heavy atom. The quantitative estimate of drug-likeness (QED) is 0.521. The van der Waals surface area contributed by atoms with Crippen molar-refractivity contribution >= 4 is 22.6 Å². The van der Waals surface area contributed by atoms with Gasteiger partial charge in [-0.15, -0.1) is 0 Å². The summed E-state index contributed by atoms with van der Waals surface area (Å²) in [5.74, 6) is -1.22. The van der Waals surface area contributed by atoms with Crippen LogP contribution in [0.15, 0.2) is 0 Å². The molecule has 0 aromatic heterocycles. The second-order valence-corrected chi connectivity index (χ2v) is 6.74. The van der Waals surface area contributed by atoms with E-state index in [-0.39, 0.29) is 30.7 Å². The summed E-state index contributed by atoms with van der Waals surface area (Å²) in [5, 5.41) is 0. The molecular weight excluding hydrogens is 351 g/mol. The summed E-state index contributed by atoms with van der Waals surface area (Å²) in [6.07, 6.45) is -0.809. The number of rotatable bonds is 1. The highest BCUT2D eigenvalue weighted by Gasteiger charge is 2.60. The molecule has 5 atom stereocenters. The topological polar surface area (TPSA) is 46.2 Å². The van der Waals surface area contributed by atoms with Gasteiger partial charge in [-0.25, -0.2) is 0 Å². The molecule has 0 aromatic carbocycles. The Labute approximate surface area is 121 Å². The Morgan fingerprint density at radius 2 is 1.39 bits per heavy atom. The van der Waals surface area contributed by atoms with Crippen LogP contribution in [-0.2, 0) is 23.7 Å². The maximum absolute atomic E-state index is 5.98. The van der Waals surface area contributed by atoms with E-state index in [1.807, 2.05) is 27.7 Å². The van der Waals surface area contributed by atoms with Gasteiger partial charge in [0.15, 0.2) is 17.9 Å². The van der Waals surface area contributed by atoms with Gasteiger partial charge in [0.05, 0.1) is 6.10 Å². The first kappa shape index (κ1) is 13.5. The lowest BCUT2D eigenvalue weighted by atomic mass is 10.0. The molecule has 0 bridgehead atoms. The van der Waals surface area contributed by atoms with Crippen molar-refractivity contribution in [1.82, 2.24) is 0 Å². The summed E-state index contributed by atoms with van der Waals surface area (Å²) < 4.78 is 30.4. The maximum Gasteiger partial charge on any atom is 0.190 e. The van der Waals surface area contributed by atoms with Crippen molar-refractivity contribution in [3.63, 3.8) is 0 Å². The van der Waals surface area contributed by atoms with E-state index in [9.17, 15) is 0 Å². The molecule has 3 fully saturated rings. The Bertz CT molecular complexity index is 345. The summed E-state index contributed by atoms with van der Waals surface area (Å²) in [5.41, 5.74) is 0. The molecule has 104 valence electrons. The van der Waals surface area contributed by atoms with Crippen molar-refractivity contribution in [1.29, 1.82) is 0 Å². The number of ether oxygens (including phenoxy) is 5. The molecule has 3 aliphatic rings. The van der Waals surface area contributed by atoms with E-state index in [4.69, 9.17) is 23.7 Å². The largest absolute Gasteiger partial charge is 0.343 e. The van der Waals surface area contributed by atoms with Gasteiger partial charge in [0, 0.05) is 4.43 Å². The zero-order valence-electron chi connectivity index (χ0n) is 11.0. The molecule has 3 rings (SSSR count). The second kappa shape index (κ2) is 4.26. The molecule has 5 nitrogen and oxygen atoms in total. The van der Waals surface area contributed by atoms with Gasteiger partial charge in [-0.3, -0.25) is 0 Å². The molecular formula is C12H19IO5. The molecule has 0 aromatic rings. The third-order valence-corrected chi connectivity index (χ3v) is 4.27. The van der Waals surface area contributed by atoms with Gasteiger partial charge >= 0.3 is 0 Å². The first-order valence-corrected chi connectivity index (χ1v) is 7.77. The molecule has 3 heterocycles. The lowest BCUT2D eigenvalue weighted by Gasteiger charge is -2.36. The highest BCUT2D eigenvalue weighted by Crippen LogP contribution is 2.44. The first-order chi connectivity index (χ1) is 8.31. The zero-order chi connectivity index (χ0) is 13.1. The van der Waals surface area contributed by atoms with Crippen molar-refractivity contribution in [2.75, 3.05) is 4.43 Å². The van der Waals surface area contributed by atoms with E-state index >= 15 is 0 Å². The van der Waals surface area contributed by atoms with Gasteiger partial charge in [-0.05, 0) is 27.7 Å². The predicted octanol–water partition coefficient (Wildman–Crippen LogP) is 1.82. The third kappa shape index (κ3) is 2.20. The van der Waals surface area contributed by atoms with Crippen molar-refractivity contribution < 1.29 is 23.7 Å². The summed E-state index contributed by atoms with van der Waals surface area (Å²) in [7, 11) is 0.